The highest BCUT2D eigenvalue weighted by Crippen LogP contribution is 2.45. The van der Waals surface area contributed by atoms with Gasteiger partial charge in [-0.3, -0.25) is 0 Å². The summed E-state index contributed by atoms with van der Waals surface area (Å²) >= 11 is 0. The molecule has 206 valence electrons. The second kappa shape index (κ2) is 14.0. The Kier molecular flexibility index (Phi) is 9.74. The van der Waals surface area contributed by atoms with Crippen LogP contribution < -0.4 is 9.47 Å². The third-order valence-corrected chi connectivity index (χ3v) is 7.76. The highest BCUT2D eigenvalue weighted by molar-refractivity contribution is 6.11. The normalized spacial score (nSPS) is 11.2. The van der Waals surface area contributed by atoms with Crippen molar-refractivity contribution in [3.05, 3.63) is 108 Å². The molecule has 0 saturated carbocycles. The highest BCUT2D eigenvalue weighted by atomic mass is 16.5. The van der Waals surface area contributed by atoms with Crippen molar-refractivity contribution in [1.29, 1.82) is 0 Å². The monoisotopic (exact) mass is 530 g/mol. The maximum absolute atomic E-state index is 6.62. The predicted molar refractivity (Wildman–Crippen MR) is 170 cm³/mol. The Balaban J connectivity index is 1.42. The fourth-order valence-corrected chi connectivity index (χ4v) is 5.46. The summed E-state index contributed by atoms with van der Waals surface area (Å²) < 4.78 is 13.2. The minimum absolute atomic E-state index is 0.857. The zero-order chi connectivity index (χ0) is 27.6. The van der Waals surface area contributed by atoms with Crippen LogP contribution in [0.3, 0.4) is 0 Å². The Bertz CT molecular complexity index is 1330. The first-order valence-electron chi connectivity index (χ1n) is 15.2. The smallest absolute Gasteiger partial charge is 0.143 e. The van der Waals surface area contributed by atoms with Crippen LogP contribution in [-0.2, 0) is 12.8 Å². The molecular formula is C38H42O2. The number of ether oxygens (including phenoxy) is 2. The summed E-state index contributed by atoms with van der Waals surface area (Å²) in [7, 11) is 0. The van der Waals surface area contributed by atoms with Gasteiger partial charge in [-0.15, -0.1) is 0 Å². The molecule has 2 heteroatoms. The van der Waals surface area contributed by atoms with Gasteiger partial charge in [-0.25, -0.2) is 0 Å². The van der Waals surface area contributed by atoms with Gasteiger partial charge in [0, 0.05) is 21.5 Å². The van der Waals surface area contributed by atoms with Crippen LogP contribution in [0.1, 0.15) is 76.3 Å². The van der Waals surface area contributed by atoms with Crippen molar-refractivity contribution in [1.82, 2.24) is 0 Å². The minimum atomic E-state index is 0.857. The summed E-state index contributed by atoms with van der Waals surface area (Å²) in [6.07, 6.45) is 12.5. The van der Waals surface area contributed by atoms with Gasteiger partial charge in [-0.1, -0.05) is 125 Å². The van der Waals surface area contributed by atoms with E-state index in [1.54, 1.807) is 0 Å². The van der Waals surface area contributed by atoms with Gasteiger partial charge in [-0.05, 0) is 61.1 Å². The van der Waals surface area contributed by atoms with E-state index in [1.165, 1.54) is 62.5 Å². The van der Waals surface area contributed by atoms with Crippen LogP contribution in [0.25, 0.3) is 21.5 Å². The molecule has 0 amide bonds. The van der Waals surface area contributed by atoms with E-state index in [2.05, 4.69) is 111 Å². The molecule has 0 N–H and O–H groups in total. The molecule has 0 bridgehead atoms. The van der Waals surface area contributed by atoms with Crippen molar-refractivity contribution in [3.63, 3.8) is 0 Å². The van der Waals surface area contributed by atoms with E-state index < -0.39 is 0 Å². The molecule has 0 radical (unpaired) electrons. The molecule has 2 nitrogen and oxygen atoms in total. The first-order chi connectivity index (χ1) is 19.8. The summed E-state index contributed by atoms with van der Waals surface area (Å²) in [6, 6.07) is 34.0. The number of benzene rings is 5. The van der Waals surface area contributed by atoms with E-state index in [4.69, 9.17) is 9.47 Å². The Morgan fingerprint density at radius 1 is 0.400 bits per heavy atom. The molecule has 5 aromatic carbocycles. The van der Waals surface area contributed by atoms with Gasteiger partial charge in [0.15, 0.2) is 0 Å². The van der Waals surface area contributed by atoms with Crippen molar-refractivity contribution >= 4 is 21.5 Å². The summed E-state index contributed by atoms with van der Waals surface area (Å²) in [5.41, 5.74) is 2.74. The second-order valence-corrected chi connectivity index (χ2v) is 10.9. The Hall–Kier alpha value is -3.78. The topological polar surface area (TPSA) is 18.5 Å². The van der Waals surface area contributed by atoms with Gasteiger partial charge in [0.1, 0.15) is 23.0 Å². The maximum atomic E-state index is 6.62. The molecule has 0 fully saturated rings. The predicted octanol–water partition coefficient (Wildman–Crippen LogP) is 11.8. The van der Waals surface area contributed by atoms with Gasteiger partial charge < -0.3 is 9.47 Å². The Morgan fingerprint density at radius 3 is 1.07 bits per heavy atom. The number of aryl methyl sites for hydroxylation is 2. The number of rotatable bonds is 14. The van der Waals surface area contributed by atoms with Crippen molar-refractivity contribution in [2.24, 2.45) is 0 Å². The molecule has 0 heterocycles. The molecule has 0 spiro atoms. The van der Waals surface area contributed by atoms with Crippen LogP contribution in [0.2, 0.25) is 0 Å². The van der Waals surface area contributed by atoms with Gasteiger partial charge in [0.2, 0.25) is 0 Å². The SMILES string of the molecule is CCCCCCc1ccc(Oc2c3ccccc3c(Oc3ccc(CCCCCC)cc3)c3ccccc23)cc1. The van der Waals surface area contributed by atoms with Gasteiger partial charge in [0.05, 0.1) is 0 Å². The molecule has 0 aliphatic carbocycles. The number of unbranched alkanes of at least 4 members (excludes halogenated alkanes) is 6. The maximum Gasteiger partial charge on any atom is 0.143 e. The van der Waals surface area contributed by atoms with Gasteiger partial charge in [0.25, 0.3) is 0 Å². The third kappa shape index (κ3) is 6.86. The molecule has 0 unspecified atom stereocenters. The zero-order valence-electron chi connectivity index (χ0n) is 24.1. The highest BCUT2D eigenvalue weighted by Gasteiger charge is 2.17. The van der Waals surface area contributed by atoms with Crippen LogP contribution in [-0.4, -0.2) is 0 Å². The van der Waals surface area contributed by atoms with E-state index in [1.807, 2.05) is 0 Å². The quantitative estimate of drug-likeness (QED) is 0.105. The van der Waals surface area contributed by atoms with Crippen LogP contribution in [0, 0.1) is 0 Å². The molecule has 0 aliphatic rings. The van der Waals surface area contributed by atoms with E-state index in [9.17, 15) is 0 Å². The lowest BCUT2D eigenvalue weighted by atomic mass is 10.0. The molecule has 0 aliphatic heterocycles. The average molecular weight is 531 g/mol. The molecular weight excluding hydrogens is 488 g/mol. The van der Waals surface area contributed by atoms with E-state index >= 15 is 0 Å². The molecule has 0 aromatic heterocycles. The van der Waals surface area contributed by atoms with Crippen molar-refractivity contribution in [3.8, 4) is 23.0 Å². The van der Waals surface area contributed by atoms with Crippen LogP contribution >= 0.6 is 0 Å². The molecule has 0 saturated heterocycles. The van der Waals surface area contributed by atoms with Crippen LogP contribution in [0.15, 0.2) is 97.1 Å². The summed E-state index contributed by atoms with van der Waals surface area (Å²) in [6.45, 7) is 4.51. The number of fused-ring (bicyclic) bond motifs is 2. The lowest BCUT2D eigenvalue weighted by Gasteiger charge is -2.18. The molecule has 5 rings (SSSR count). The van der Waals surface area contributed by atoms with Gasteiger partial charge >= 0.3 is 0 Å². The molecule has 5 aromatic rings. The number of hydrogen-bond donors (Lipinski definition) is 0. The largest absolute Gasteiger partial charge is 0.456 e. The van der Waals surface area contributed by atoms with Crippen LogP contribution in [0.4, 0.5) is 0 Å². The Morgan fingerprint density at radius 2 is 0.750 bits per heavy atom. The zero-order valence-corrected chi connectivity index (χ0v) is 24.1. The average Bonchev–Trinajstić information content (AvgIpc) is 3.00. The number of hydrogen-bond acceptors (Lipinski definition) is 2. The van der Waals surface area contributed by atoms with Crippen molar-refractivity contribution < 1.29 is 9.47 Å². The fraction of sp³-hybridized carbons (Fsp3) is 0.316. The second-order valence-electron chi connectivity index (χ2n) is 10.9. The van der Waals surface area contributed by atoms with Crippen LogP contribution in [0.5, 0.6) is 23.0 Å². The standard InChI is InChI=1S/C38H42O2/c1-3-5-7-9-15-29-21-25-31(26-22-29)39-37-33-17-11-13-19-35(33)38(36-20-14-12-18-34(36)37)40-32-27-23-30(24-28-32)16-10-8-6-4-2/h11-14,17-28H,3-10,15-16H2,1-2H3. The lowest BCUT2D eigenvalue weighted by Crippen LogP contribution is -1.94. The summed E-state index contributed by atoms with van der Waals surface area (Å²) in [5, 5.41) is 4.19. The first kappa shape index (κ1) is 27.8. The molecule has 0 atom stereocenters. The van der Waals surface area contributed by atoms with E-state index in [-0.39, 0.29) is 0 Å². The summed E-state index contributed by atoms with van der Waals surface area (Å²) in [5.74, 6) is 3.46. The lowest BCUT2D eigenvalue weighted by molar-refractivity contribution is 0.485. The van der Waals surface area contributed by atoms with Crippen molar-refractivity contribution in [2.75, 3.05) is 0 Å². The minimum Gasteiger partial charge on any atom is -0.456 e. The van der Waals surface area contributed by atoms with E-state index in [0.717, 1.165) is 57.4 Å². The van der Waals surface area contributed by atoms with Gasteiger partial charge in [-0.2, -0.15) is 0 Å². The molecule has 40 heavy (non-hydrogen) atoms. The van der Waals surface area contributed by atoms with Crippen molar-refractivity contribution in [2.45, 2.75) is 78.1 Å². The fourth-order valence-electron chi connectivity index (χ4n) is 5.46. The summed E-state index contributed by atoms with van der Waals surface area (Å²) in [4.78, 5) is 0. The third-order valence-electron chi connectivity index (χ3n) is 7.76. The van der Waals surface area contributed by atoms with E-state index in [0.29, 0.717) is 0 Å². The first-order valence-corrected chi connectivity index (χ1v) is 15.2. The Labute approximate surface area is 240 Å².